The van der Waals surface area contributed by atoms with E-state index in [-0.39, 0.29) is 4.72 Å². The van der Waals surface area contributed by atoms with E-state index in [1.54, 1.807) is 0 Å². The van der Waals surface area contributed by atoms with Crippen molar-refractivity contribution >= 4 is 16.0 Å². The number of aliphatic hydroxyl groups excluding tert-OH is 3. The molecule has 1 saturated heterocycles. The fraction of sp³-hybridized carbons (Fsp3) is 0.929. The minimum absolute atomic E-state index is 0.0832. The van der Waals surface area contributed by atoms with E-state index in [2.05, 4.69) is 4.74 Å². The molecule has 0 aliphatic carbocycles. The number of hydrogen-bond donors (Lipinski definition) is 5. The van der Waals surface area contributed by atoms with E-state index < -0.39 is 93.6 Å². The summed E-state index contributed by atoms with van der Waals surface area (Å²) in [4.78, 5) is 10.9. The van der Waals surface area contributed by atoms with Gasteiger partial charge in [0.1, 0.15) is 18.3 Å². The molecule has 0 bridgehead atoms. The lowest BCUT2D eigenvalue weighted by Crippen LogP contribution is -2.75. The Balaban J connectivity index is 3.66. The van der Waals surface area contributed by atoms with Crippen LogP contribution in [-0.2, 0) is 19.6 Å². The smallest absolute Gasteiger partial charge is 0.460 e. The van der Waals surface area contributed by atoms with Crippen LogP contribution in [0.4, 0.5) is 74.6 Å². The molecule has 0 unspecified atom stereocenters. The monoisotopic (exact) mass is 675 g/mol. The molecule has 1 rings (SSSR count). The minimum Gasteiger partial charge on any atom is -0.479 e. The van der Waals surface area contributed by atoms with E-state index in [0.717, 1.165) is 0 Å². The average molecular weight is 675 g/mol. The van der Waals surface area contributed by atoms with Crippen LogP contribution in [0.15, 0.2) is 0 Å². The van der Waals surface area contributed by atoms with Gasteiger partial charge in [0, 0.05) is 0 Å². The van der Waals surface area contributed by atoms with Gasteiger partial charge in [0.05, 0.1) is 0 Å². The largest absolute Gasteiger partial charge is 0.479 e. The van der Waals surface area contributed by atoms with Crippen molar-refractivity contribution < 1.29 is 113 Å². The summed E-state index contributed by atoms with van der Waals surface area (Å²) in [5.74, 6) is -55.4. The Kier molecular flexibility index (Phi) is 9.08. The Hall–Kier alpha value is -1.97. The lowest BCUT2D eigenvalue weighted by molar-refractivity contribution is -0.458. The second-order valence-corrected chi connectivity index (χ2v) is 9.62. The van der Waals surface area contributed by atoms with Gasteiger partial charge in [-0.2, -0.15) is 79.4 Å². The second-order valence-electron chi connectivity index (χ2n) is 7.87. The molecule has 0 aromatic heterocycles. The quantitative estimate of drug-likeness (QED) is 0.220. The number of ether oxygens (including phenoxy) is 1. The number of nitrogens with one attached hydrogen (secondary N) is 1. The van der Waals surface area contributed by atoms with Crippen LogP contribution in [0.25, 0.3) is 0 Å². The zero-order valence-electron chi connectivity index (χ0n) is 18.1. The van der Waals surface area contributed by atoms with Gasteiger partial charge in [-0.15, -0.1) is 0 Å². The molecular weight excluding hydrogens is 665 g/mol. The number of rotatable bonds is 10. The number of carboxylic acids is 1. The molecule has 9 nitrogen and oxygen atoms in total. The van der Waals surface area contributed by atoms with E-state index in [0.29, 0.717) is 0 Å². The Morgan fingerprint density at radius 3 is 1.27 bits per heavy atom. The van der Waals surface area contributed by atoms with Gasteiger partial charge in [0.15, 0.2) is 12.3 Å². The second kappa shape index (κ2) is 10.1. The summed E-state index contributed by atoms with van der Waals surface area (Å²) in [6, 6.07) is 0. The highest BCUT2D eigenvalue weighted by atomic mass is 32.2. The van der Waals surface area contributed by atoms with E-state index in [1.165, 1.54) is 0 Å². The van der Waals surface area contributed by atoms with Crippen LogP contribution < -0.4 is 4.72 Å². The first-order valence-electron chi connectivity index (χ1n) is 9.29. The van der Waals surface area contributed by atoms with Gasteiger partial charge in [-0.05, 0) is 0 Å². The van der Waals surface area contributed by atoms with Gasteiger partial charge in [-0.1, -0.05) is 0 Å². The molecule has 0 saturated carbocycles. The normalized spacial score (nSPS) is 26.7. The third-order valence-corrected chi connectivity index (χ3v) is 6.63. The highest BCUT2D eigenvalue weighted by Gasteiger charge is 2.96. The summed E-state index contributed by atoms with van der Waals surface area (Å²) >= 11 is 0. The van der Waals surface area contributed by atoms with Crippen LogP contribution in [0.1, 0.15) is 0 Å². The number of aliphatic carboxylic acids is 1. The number of carbonyl (C=O) groups is 1. The van der Waals surface area contributed by atoms with Crippen LogP contribution in [-0.4, -0.2) is 112 Å². The Labute approximate surface area is 212 Å². The number of carboxylic acid groups (broad SMARTS) is 1. The lowest BCUT2D eigenvalue weighted by atomic mass is 9.91. The summed E-state index contributed by atoms with van der Waals surface area (Å²) in [6.45, 7) is 0. The Morgan fingerprint density at radius 2 is 0.927 bits per heavy atom. The molecule has 0 aromatic rings. The molecule has 0 amide bonds. The van der Waals surface area contributed by atoms with Crippen molar-refractivity contribution in [2.75, 3.05) is 0 Å². The maximum absolute atomic E-state index is 14.1. The van der Waals surface area contributed by atoms with Gasteiger partial charge >= 0.3 is 52.9 Å². The van der Waals surface area contributed by atoms with Crippen LogP contribution in [0.3, 0.4) is 0 Å². The lowest BCUT2D eigenvalue weighted by Gasteiger charge is -2.43. The standard InChI is InChI=1S/C14H10F17NO8S/c15-7(16,9(19,20)11(23,24)13(27,28)29)8(17,18)10(21,22)12(25,26)14(30,31)41(38,39)32-5-3(35)1(33)2(34)4(40-5)6(36)37/h1-5,32-35H,(H,36,37)/t1-,2-,3+,4-,5+/m0/s1. The first-order chi connectivity index (χ1) is 17.6. The predicted molar refractivity (Wildman–Crippen MR) is 87.1 cm³/mol. The van der Waals surface area contributed by atoms with Crippen LogP contribution in [0.2, 0.25) is 0 Å². The SMILES string of the molecule is O=C(O)[C@H]1O[C@@H](NS(=O)(=O)C(F)(F)C(F)(F)C(F)(F)C(F)(F)C(F)(F)C(F)(F)C(F)(F)C(F)(F)F)[C@H](O)[C@@H](O)[C@@H]1O. The highest BCUT2D eigenvalue weighted by Crippen LogP contribution is 2.64. The van der Waals surface area contributed by atoms with E-state index in [9.17, 15) is 103 Å². The van der Waals surface area contributed by atoms with Gasteiger partial charge in [-0.3, -0.25) is 0 Å². The third-order valence-electron chi connectivity index (χ3n) is 5.16. The summed E-state index contributed by atoms with van der Waals surface area (Å²) in [7, 11) is -7.99. The maximum Gasteiger partial charge on any atom is 0.460 e. The van der Waals surface area contributed by atoms with Gasteiger partial charge < -0.3 is 25.2 Å². The molecule has 0 radical (unpaired) electrons. The van der Waals surface area contributed by atoms with Crippen molar-refractivity contribution in [1.29, 1.82) is 0 Å². The molecule has 1 heterocycles. The first kappa shape index (κ1) is 37.1. The van der Waals surface area contributed by atoms with E-state index in [4.69, 9.17) is 5.11 Å². The van der Waals surface area contributed by atoms with Gasteiger partial charge in [0.25, 0.3) is 10.0 Å². The molecular formula is C14H10F17NO8S. The molecule has 1 aliphatic heterocycles. The fourth-order valence-electron chi connectivity index (χ4n) is 2.73. The summed E-state index contributed by atoms with van der Waals surface area (Å²) in [5.41, 5.74) is 0. The summed E-state index contributed by atoms with van der Waals surface area (Å²) in [5, 5.41) is 28.9. The van der Waals surface area contributed by atoms with E-state index >= 15 is 0 Å². The summed E-state index contributed by atoms with van der Waals surface area (Å²) < 4.78 is 253. The number of halogens is 17. The van der Waals surface area contributed by atoms with Crippen molar-refractivity contribution in [3.05, 3.63) is 0 Å². The Morgan fingerprint density at radius 1 is 0.585 bits per heavy atom. The molecule has 41 heavy (non-hydrogen) atoms. The number of alkyl halides is 17. The van der Waals surface area contributed by atoms with Crippen LogP contribution in [0.5, 0.6) is 0 Å². The van der Waals surface area contributed by atoms with Crippen molar-refractivity contribution in [2.45, 2.75) is 77.6 Å². The molecule has 5 atom stereocenters. The van der Waals surface area contributed by atoms with E-state index in [1.807, 2.05) is 0 Å². The van der Waals surface area contributed by atoms with Crippen molar-refractivity contribution in [1.82, 2.24) is 4.72 Å². The van der Waals surface area contributed by atoms with Crippen molar-refractivity contribution in [3.63, 3.8) is 0 Å². The highest BCUT2D eigenvalue weighted by molar-refractivity contribution is 7.90. The Bertz CT molecular complexity index is 1110. The number of hydrogen-bond acceptors (Lipinski definition) is 7. The number of sulfonamides is 1. The summed E-state index contributed by atoms with van der Waals surface area (Å²) in [6.07, 6.45) is -23.4. The number of aliphatic hydroxyl groups is 3. The average Bonchev–Trinajstić information content (AvgIpc) is 2.77. The zero-order chi connectivity index (χ0) is 33.4. The van der Waals surface area contributed by atoms with Crippen molar-refractivity contribution in [3.8, 4) is 0 Å². The molecule has 0 aromatic carbocycles. The van der Waals surface area contributed by atoms with Gasteiger partial charge in [-0.25, -0.2) is 13.2 Å². The first-order valence-corrected chi connectivity index (χ1v) is 10.8. The molecule has 1 fully saturated rings. The molecule has 0 spiro atoms. The topological polar surface area (TPSA) is 153 Å². The molecule has 27 heteroatoms. The fourth-order valence-corrected chi connectivity index (χ4v) is 3.84. The minimum atomic E-state index is -9.07. The third kappa shape index (κ3) is 5.03. The molecule has 1 aliphatic rings. The maximum atomic E-state index is 14.1. The molecule has 244 valence electrons. The zero-order valence-corrected chi connectivity index (χ0v) is 19.0. The van der Waals surface area contributed by atoms with Crippen LogP contribution >= 0.6 is 0 Å². The van der Waals surface area contributed by atoms with Crippen molar-refractivity contribution in [2.24, 2.45) is 0 Å². The van der Waals surface area contributed by atoms with Gasteiger partial charge in [0.2, 0.25) is 0 Å². The molecule has 5 N–H and O–H groups in total. The predicted octanol–water partition coefficient (Wildman–Crippen LogP) is 1.76. The van der Waals surface area contributed by atoms with Crippen LogP contribution in [0, 0.1) is 0 Å².